The van der Waals surface area contributed by atoms with Crippen molar-refractivity contribution in [1.82, 2.24) is 0 Å². The summed E-state index contributed by atoms with van der Waals surface area (Å²) in [7, 11) is 4.11. The molecule has 0 N–H and O–H groups in total. The molecule has 1 aliphatic carbocycles. The first kappa shape index (κ1) is 13.1. The Hall–Kier alpha value is -2.61. The van der Waals surface area contributed by atoms with E-state index in [1.807, 2.05) is 6.08 Å². The van der Waals surface area contributed by atoms with Crippen LogP contribution < -0.4 is 15.3 Å². The Labute approximate surface area is 129 Å². The van der Waals surface area contributed by atoms with Gasteiger partial charge in [-0.2, -0.15) is 0 Å². The highest BCUT2D eigenvalue weighted by Gasteiger charge is 2.06. The van der Waals surface area contributed by atoms with E-state index in [0.29, 0.717) is 6.42 Å². The van der Waals surface area contributed by atoms with E-state index in [-0.39, 0.29) is 5.78 Å². The number of hydrogen-bond acceptors (Lipinski definition) is 2. The number of fused-ring (bicyclic) bond motifs is 4. The van der Waals surface area contributed by atoms with Crippen molar-refractivity contribution in [2.24, 2.45) is 0 Å². The van der Waals surface area contributed by atoms with E-state index in [0.717, 1.165) is 10.4 Å². The molecule has 108 valence electrons. The summed E-state index contributed by atoms with van der Waals surface area (Å²) in [5, 5.41) is 7.14. The van der Waals surface area contributed by atoms with Gasteiger partial charge in [-0.05, 0) is 62.3 Å². The fourth-order valence-corrected chi connectivity index (χ4v) is 3.16. The topological polar surface area (TPSA) is 20.3 Å². The van der Waals surface area contributed by atoms with Crippen molar-refractivity contribution in [1.29, 1.82) is 0 Å². The van der Waals surface area contributed by atoms with Gasteiger partial charge < -0.3 is 4.90 Å². The van der Waals surface area contributed by atoms with Crippen LogP contribution in [0.1, 0.15) is 6.42 Å². The molecule has 2 heteroatoms. The molecule has 0 atom stereocenters. The molecule has 0 spiro atoms. The molecule has 0 bridgehead atoms. The lowest BCUT2D eigenvalue weighted by Crippen LogP contribution is -2.28. The Bertz CT molecular complexity index is 1040. The number of rotatable bonds is 1. The molecular weight excluding hydrogens is 270 g/mol. The van der Waals surface area contributed by atoms with Crippen LogP contribution in [0.2, 0.25) is 0 Å². The predicted octanol–water partition coefficient (Wildman–Crippen LogP) is 2.59. The van der Waals surface area contributed by atoms with Crippen LogP contribution in [-0.2, 0) is 4.79 Å². The summed E-state index contributed by atoms with van der Waals surface area (Å²) in [6.45, 7) is 0. The molecule has 0 saturated heterocycles. The van der Waals surface area contributed by atoms with Crippen molar-refractivity contribution in [3.63, 3.8) is 0 Å². The average molecular weight is 287 g/mol. The van der Waals surface area contributed by atoms with Gasteiger partial charge in [-0.15, -0.1) is 0 Å². The van der Waals surface area contributed by atoms with Crippen LogP contribution >= 0.6 is 0 Å². The van der Waals surface area contributed by atoms with Gasteiger partial charge in [-0.3, -0.25) is 4.79 Å². The van der Waals surface area contributed by atoms with Crippen LogP contribution in [0.4, 0.5) is 5.69 Å². The van der Waals surface area contributed by atoms with E-state index < -0.39 is 0 Å². The minimum absolute atomic E-state index is 0.184. The lowest BCUT2D eigenvalue weighted by molar-refractivity contribution is -0.112. The number of hydrogen-bond donors (Lipinski definition) is 0. The Morgan fingerprint density at radius 2 is 1.64 bits per heavy atom. The van der Waals surface area contributed by atoms with Crippen molar-refractivity contribution < 1.29 is 4.79 Å². The van der Waals surface area contributed by atoms with E-state index >= 15 is 0 Å². The molecule has 0 aromatic heterocycles. The summed E-state index contributed by atoms with van der Waals surface area (Å²) in [5.74, 6) is 0.184. The minimum atomic E-state index is 0.184. The molecule has 0 fully saturated rings. The summed E-state index contributed by atoms with van der Waals surface area (Å²) >= 11 is 0. The summed E-state index contributed by atoms with van der Waals surface area (Å²) in [5.41, 5.74) is 1.20. The molecular formula is C20H17NO. The zero-order valence-electron chi connectivity index (χ0n) is 12.8. The second-order valence-corrected chi connectivity index (χ2v) is 6.09. The summed E-state index contributed by atoms with van der Waals surface area (Å²) < 4.78 is 0. The SMILES string of the molecule is CN(C)c1ccc2c(ccc3cc4c(cc32)=CCC(=O)C=4)c1. The summed E-state index contributed by atoms with van der Waals surface area (Å²) in [6, 6.07) is 15.2. The summed E-state index contributed by atoms with van der Waals surface area (Å²) in [4.78, 5) is 13.7. The smallest absolute Gasteiger partial charge is 0.160 e. The molecule has 0 amide bonds. The molecule has 0 heterocycles. The molecule has 3 aromatic carbocycles. The summed E-state index contributed by atoms with van der Waals surface area (Å²) in [6.07, 6.45) is 4.30. The van der Waals surface area contributed by atoms with Gasteiger partial charge in [0.15, 0.2) is 5.78 Å². The minimum Gasteiger partial charge on any atom is -0.378 e. The molecule has 1 aliphatic rings. The highest BCUT2D eigenvalue weighted by Crippen LogP contribution is 2.27. The van der Waals surface area contributed by atoms with Crippen LogP contribution in [0.3, 0.4) is 0 Å². The first-order chi connectivity index (χ1) is 10.6. The Balaban J connectivity index is 2.08. The zero-order chi connectivity index (χ0) is 15.3. The lowest BCUT2D eigenvalue weighted by Gasteiger charge is -2.14. The van der Waals surface area contributed by atoms with Gasteiger partial charge in [0.05, 0.1) is 0 Å². The van der Waals surface area contributed by atoms with Gasteiger partial charge in [0.2, 0.25) is 0 Å². The largest absolute Gasteiger partial charge is 0.378 e. The Morgan fingerprint density at radius 1 is 0.864 bits per heavy atom. The number of anilines is 1. The highest BCUT2D eigenvalue weighted by molar-refractivity contribution is 6.11. The molecule has 4 rings (SSSR count). The van der Waals surface area contributed by atoms with Crippen molar-refractivity contribution in [3.05, 3.63) is 52.9 Å². The molecule has 0 saturated carbocycles. The maximum atomic E-state index is 11.6. The number of Topliss-reactive ketones (excluding diaryl/α,β-unsaturated/α-hetero) is 1. The maximum absolute atomic E-state index is 11.6. The number of ketones is 1. The number of carbonyl (C=O) groups excluding carboxylic acids is 1. The number of carbonyl (C=O) groups is 1. The first-order valence-electron chi connectivity index (χ1n) is 7.50. The zero-order valence-corrected chi connectivity index (χ0v) is 12.8. The van der Waals surface area contributed by atoms with Crippen LogP contribution in [-0.4, -0.2) is 19.9 Å². The molecule has 22 heavy (non-hydrogen) atoms. The molecule has 2 nitrogen and oxygen atoms in total. The predicted molar refractivity (Wildman–Crippen MR) is 93.6 cm³/mol. The van der Waals surface area contributed by atoms with Gasteiger partial charge in [-0.25, -0.2) is 0 Å². The third-order valence-electron chi connectivity index (χ3n) is 4.38. The monoisotopic (exact) mass is 287 g/mol. The van der Waals surface area contributed by atoms with Crippen molar-refractivity contribution >= 4 is 45.2 Å². The first-order valence-corrected chi connectivity index (χ1v) is 7.50. The highest BCUT2D eigenvalue weighted by atomic mass is 16.1. The van der Waals surface area contributed by atoms with Crippen LogP contribution in [0.5, 0.6) is 0 Å². The molecule has 0 unspecified atom stereocenters. The van der Waals surface area contributed by atoms with Crippen LogP contribution in [0, 0.1) is 0 Å². The molecule has 0 aliphatic heterocycles. The van der Waals surface area contributed by atoms with Gasteiger partial charge in [0.1, 0.15) is 0 Å². The standard InChI is InChI=1S/C20H17NO/c1-21(2)17-6-8-19-15(10-17)4-3-14-9-16-11-18(22)7-5-13(16)12-20(14)19/h3-6,8-12H,7H2,1-2H3. The van der Waals surface area contributed by atoms with Crippen molar-refractivity contribution in [2.45, 2.75) is 6.42 Å². The third kappa shape index (κ3) is 2.00. The quantitative estimate of drug-likeness (QED) is 0.641. The van der Waals surface area contributed by atoms with E-state index in [4.69, 9.17) is 0 Å². The van der Waals surface area contributed by atoms with E-state index in [9.17, 15) is 4.79 Å². The Morgan fingerprint density at radius 3 is 2.41 bits per heavy atom. The average Bonchev–Trinajstić information content (AvgIpc) is 2.52. The third-order valence-corrected chi connectivity index (χ3v) is 4.38. The van der Waals surface area contributed by atoms with Gasteiger partial charge >= 0.3 is 0 Å². The molecule has 3 aromatic rings. The normalized spacial score (nSPS) is 13.6. The van der Waals surface area contributed by atoms with Gasteiger partial charge in [-0.1, -0.05) is 24.3 Å². The fraction of sp³-hybridized carbons (Fsp3) is 0.150. The number of nitrogens with zero attached hydrogens (tertiary/aromatic N) is 1. The second kappa shape index (κ2) is 4.70. The molecule has 0 radical (unpaired) electrons. The van der Waals surface area contributed by atoms with Crippen LogP contribution in [0.15, 0.2) is 42.5 Å². The van der Waals surface area contributed by atoms with Gasteiger partial charge in [0, 0.05) is 26.2 Å². The van der Waals surface area contributed by atoms with Crippen LogP contribution in [0.25, 0.3) is 33.7 Å². The van der Waals surface area contributed by atoms with Crippen molar-refractivity contribution in [2.75, 3.05) is 19.0 Å². The van der Waals surface area contributed by atoms with E-state index in [2.05, 4.69) is 61.5 Å². The maximum Gasteiger partial charge on any atom is 0.160 e. The fourth-order valence-electron chi connectivity index (χ4n) is 3.16. The lowest BCUT2D eigenvalue weighted by atomic mass is 9.97. The number of benzene rings is 3. The van der Waals surface area contributed by atoms with E-state index in [1.165, 1.54) is 27.2 Å². The second-order valence-electron chi connectivity index (χ2n) is 6.09. The van der Waals surface area contributed by atoms with E-state index in [1.54, 1.807) is 6.08 Å². The Kier molecular flexibility index (Phi) is 2.80. The van der Waals surface area contributed by atoms with Gasteiger partial charge in [0.25, 0.3) is 0 Å². The van der Waals surface area contributed by atoms with Crippen molar-refractivity contribution in [3.8, 4) is 0 Å².